The lowest BCUT2D eigenvalue weighted by molar-refractivity contribution is -0.139. The molecule has 0 bridgehead atoms. The van der Waals surface area contributed by atoms with Crippen molar-refractivity contribution in [2.75, 3.05) is 19.0 Å². The number of rotatable bonds is 10. The van der Waals surface area contributed by atoms with Gasteiger partial charge in [-0.2, -0.15) is 4.98 Å². The first-order valence-electron chi connectivity index (χ1n) is 12.2. The van der Waals surface area contributed by atoms with Crippen LogP contribution >= 0.6 is 39.3 Å². The molecule has 0 spiro atoms. The molecule has 1 aromatic heterocycles. The summed E-state index contributed by atoms with van der Waals surface area (Å²) in [6.07, 6.45) is 0.667. The van der Waals surface area contributed by atoms with Gasteiger partial charge in [-0.3, -0.25) is 0 Å². The predicted octanol–water partition coefficient (Wildman–Crippen LogP) is 7.02. The number of hydrogen-bond acceptors (Lipinski definition) is 8. The number of fused-ring (bicyclic) bond motifs is 1. The first-order valence-corrected chi connectivity index (χ1v) is 14.4. The zero-order valence-corrected chi connectivity index (χ0v) is 25.0. The second-order valence-corrected chi connectivity index (χ2v) is 11.1. The van der Waals surface area contributed by atoms with Crippen molar-refractivity contribution in [3.05, 3.63) is 68.3 Å². The van der Waals surface area contributed by atoms with E-state index in [1.165, 1.54) is 11.8 Å². The van der Waals surface area contributed by atoms with Crippen molar-refractivity contribution in [1.29, 1.82) is 0 Å². The summed E-state index contributed by atoms with van der Waals surface area (Å²) in [5, 5.41) is 9.28. The van der Waals surface area contributed by atoms with Gasteiger partial charge in [0.25, 0.3) is 0 Å². The van der Waals surface area contributed by atoms with Crippen LogP contribution in [0.5, 0.6) is 11.5 Å². The van der Waals surface area contributed by atoms with Gasteiger partial charge in [-0.15, -0.1) is 5.10 Å². The topological polar surface area (TPSA) is 87.5 Å². The molecule has 0 amide bonds. The molecule has 1 unspecified atom stereocenters. The van der Waals surface area contributed by atoms with Gasteiger partial charge in [0.2, 0.25) is 11.1 Å². The number of hydrogen-bond donors (Lipinski definition) is 1. The number of esters is 1. The van der Waals surface area contributed by atoms with Gasteiger partial charge in [0.15, 0.2) is 11.5 Å². The van der Waals surface area contributed by atoms with Gasteiger partial charge in [0.1, 0.15) is 6.04 Å². The van der Waals surface area contributed by atoms with Crippen LogP contribution in [-0.4, -0.2) is 40.6 Å². The maximum absolute atomic E-state index is 13.3. The van der Waals surface area contributed by atoms with E-state index in [1.807, 2.05) is 64.1 Å². The molecule has 2 heterocycles. The molecule has 8 nitrogen and oxygen atoms in total. The summed E-state index contributed by atoms with van der Waals surface area (Å²) in [4.78, 5) is 18.0. The number of carbonyl (C=O) groups excluding carboxylic acids is 1. The molecule has 1 atom stereocenters. The van der Waals surface area contributed by atoms with Crippen molar-refractivity contribution < 1.29 is 19.0 Å². The maximum atomic E-state index is 13.3. The lowest BCUT2D eigenvalue weighted by Gasteiger charge is -2.29. The van der Waals surface area contributed by atoms with Gasteiger partial charge in [-0.05, 0) is 72.4 Å². The van der Waals surface area contributed by atoms with Crippen LogP contribution in [0, 0.1) is 0 Å². The number of thioether (sulfide) groups is 1. The molecule has 0 fully saturated rings. The molecule has 0 radical (unpaired) electrons. The molecule has 1 aliphatic heterocycles. The number of ether oxygens (including phenoxy) is 3. The molecule has 2 aromatic carbocycles. The summed E-state index contributed by atoms with van der Waals surface area (Å²) in [5.41, 5.74) is 2.85. The minimum Gasteiger partial charge on any atom is -0.493 e. The Labute approximate surface area is 240 Å². The standard InChI is InChI=1S/C27H30BrClN4O4S/c1-6-11-36-25(34)22-16(4)30-26-31-27(38-14-17-9-7-8-10-20(17)29)32-33(26)23(22)18-12-19(28)24(37-15(2)3)21(13-18)35-5/h7-10,12-13,15,23H,6,11,14H2,1-5H3,(H,30,31,32). The zero-order valence-electron chi connectivity index (χ0n) is 21.9. The average Bonchev–Trinajstić information content (AvgIpc) is 3.29. The Bertz CT molecular complexity index is 1360. The van der Waals surface area contributed by atoms with Crippen molar-refractivity contribution >= 4 is 51.2 Å². The highest BCUT2D eigenvalue weighted by atomic mass is 79.9. The van der Waals surface area contributed by atoms with Gasteiger partial charge in [0, 0.05) is 16.5 Å². The Morgan fingerprint density at radius 2 is 2.05 bits per heavy atom. The fourth-order valence-electron chi connectivity index (χ4n) is 4.04. The van der Waals surface area contributed by atoms with E-state index < -0.39 is 12.0 Å². The summed E-state index contributed by atoms with van der Waals surface area (Å²) in [7, 11) is 1.59. The van der Waals surface area contributed by atoms with Gasteiger partial charge in [0.05, 0.1) is 29.9 Å². The molecule has 0 saturated heterocycles. The summed E-state index contributed by atoms with van der Waals surface area (Å²) in [6, 6.07) is 10.9. The lowest BCUT2D eigenvalue weighted by atomic mass is 9.95. The number of halogens is 2. The van der Waals surface area contributed by atoms with Gasteiger partial charge in [-0.25, -0.2) is 9.48 Å². The van der Waals surface area contributed by atoms with Crippen molar-refractivity contribution in [2.24, 2.45) is 0 Å². The molecule has 202 valence electrons. The Hall–Kier alpha value is -2.69. The molecule has 4 rings (SSSR count). The van der Waals surface area contributed by atoms with Crippen molar-refractivity contribution in [3.8, 4) is 11.5 Å². The van der Waals surface area contributed by atoms with Crippen LogP contribution in [0.1, 0.15) is 51.3 Å². The average molecular weight is 622 g/mol. The molecule has 11 heteroatoms. The Morgan fingerprint density at radius 1 is 1.29 bits per heavy atom. The normalized spacial score (nSPS) is 14.8. The van der Waals surface area contributed by atoms with Gasteiger partial charge in [-0.1, -0.05) is 48.5 Å². The Balaban J connectivity index is 1.77. The molecule has 0 aliphatic carbocycles. The third kappa shape index (κ3) is 6.13. The van der Waals surface area contributed by atoms with Crippen LogP contribution in [0.2, 0.25) is 5.02 Å². The van der Waals surface area contributed by atoms with E-state index in [0.29, 0.717) is 62.1 Å². The molecule has 1 N–H and O–H groups in total. The number of aromatic nitrogens is 3. The highest BCUT2D eigenvalue weighted by Gasteiger charge is 2.36. The Kier molecular flexibility index (Phi) is 9.27. The number of nitrogens with one attached hydrogen (secondary N) is 1. The molecular weight excluding hydrogens is 592 g/mol. The molecule has 38 heavy (non-hydrogen) atoms. The van der Waals surface area contributed by atoms with E-state index in [4.69, 9.17) is 35.9 Å². The van der Waals surface area contributed by atoms with Crippen molar-refractivity contribution in [3.63, 3.8) is 0 Å². The van der Waals surface area contributed by atoms with Crippen molar-refractivity contribution in [1.82, 2.24) is 14.8 Å². The predicted molar refractivity (Wildman–Crippen MR) is 153 cm³/mol. The van der Waals surface area contributed by atoms with E-state index in [0.717, 1.165) is 11.1 Å². The third-order valence-electron chi connectivity index (χ3n) is 5.73. The minimum absolute atomic E-state index is 0.0497. The summed E-state index contributed by atoms with van der Waals surface area (Å²) in [5.74, 6) is 1.85. The molecule has 1 aliphatic rings. The van der Waals surface area contributed by atoms with E-state index >= 15 is 0 Å². The number of allylic oxidation sites excluding steroid dienone is 1. The zero-order chi connectivity index (χ0) is 27.4. The highest BCUT2D eigenvalue weighted by molar-refractivity contribution is 9.10. The van der Waals surface area contributed by atoms with Crippen LogP contribution in [0.4, 0.5) is 5.95 Å². The first-order chi connectivity index (χ1) is 18.2. The molecule has 0 saturated carbocycles. The summed E-state index contributed by atoms with van der Waals surface area (Å²) < 4.78 is 19.6. The van der Waals surface area contributed by atoms with Crippen molar-refractivity contribution in [2.45, 2.75) is 57.2 Å². The number of benzene rings is 2. The minimum atomic E-state index is -0.601. The van der Waals surface area contributed by atoms with Gasteiger partial charge < -0.3 is 19.5 Å². The highest BCUT2D eigenvalue weighted by Crippen LogP contribution is 2.43. The van der Waals surface area contributed by atoms with Crippen LogP contribution in [0.25, 0.3) is 0 Å². The number of anilines is 1. The SMILES string of the molecule is CCCOC(=O)C1=C(C)Nc2nc(SCc3ccccc3Cl)nn2C1c1cc(Br)c(OC(C)C)c(OC)c1. The molecule has 3 aromatic rings. The third-order valence-corrected chi connectivity index (χ3v) is 7.57. The largest absolute Gasteiger partial charge is 0.493 e. The smallest absolute Gasteiger partial charge is 0.338 e. The summed E-state index contributed by atoms with van der Waals surface area (Å²) >= 11 is 11.4. The van der Waals surface area contributed by atoms with Crippen LogP contribution < -0.4 is 14.8 Å². The number of methoxy groups -OCH3 is 1. The van der Waals surface area contributed by atoms with Crippen LogP contribution in [0.15, 0.2) is 57.3 Å². The fraction of sp³-hybridized carbons (Fsp3) is 0.370. The second-order valence-electron chi connectivity index (χ2n) is 8.95. The monoisotopic (exact) mass is 620 g/mol. The fourth-order valence-corrected chi connectivity index (χ4v) is 5.71. The van der Waals surface area contributed by atoms with E-state index in [-0.39, 0.29) is 6.10 Å². The molecular formula is C27H30BrClN4O4S. The van der Waals surface area contributed by atoms with E-state index in [9.17, 15) is 4.79 Å². The Morgan fingerprint density at radius 3 is 2.74 bits per heavy atom. The number of nitrogens with zero attached hydrogens (tertiary/aromatic N) is 3. The lowest BCUT2D eigenvalue weighted by Crippen LogP contribution is -2.30. The summed E-state index contributed by atoms with van der Waals surface area (Å²) in [6.45, 7) is 8.01. The van der Waals surface area contributed by atoms with Crippen LogP contribution in [0.3, 0.4) is 0 Å². The van der Waals surface area contributed by atoms with Gasteiger partial charge >= 0.3 is 5.97 Å². The van der Waals surface area contributed by atoms with E-state index in [1.54, 1.807) is 11.8 Å². The first kappa shape index (κ1) is 28.3. The van der Waals surface area contributed by atoms with Crippen LogP contribution in [-0.2, 0) is 15.3 Å². The van der Waals surface area contributed by atoms with E-state index in [2.05, 4.69) is 21.2 Å². The second kappa shape index (κ2) is 12.4. The number of carbonyl (C=O) groups is 1. The quantitative estimate of drug-likeness (QED) is 0.191. The maximum Gasteiger partial charge on any atom is 0.338 e.